The lowest BCUT2D eigenvalue weighted by molar-refractivity contribution is -0.131. The van der Waals surface area contributed by atoms with Gasteiger partial charge in [-0.25, -0.2) is 13.2 Å². The van der Waals surface area contributed by atoms with Gasteiger partial charge >= 0.3 is 6.03 Å². The zero-order valence-corrected chi connectivity index (χ0v) is 21.9. The Balaban J connectivity index is 1.54. The van der Waals surface area contributed by atoms with Crippen molar-refractivity contribution in [3.8, 4) is 0 Å². The van der Waals surface area contributed by atoms with Crippen molar-refractivity contribution in [3.63, 3.8) is 0 Å². The van der Waals surface area contributed by atoms with E-state index in [2.05, 4.69) is 5.32 Å². The number of piperazine rings is 1. The van der Waals surface area contributed by atoms with Crippen LogP contribution in [0.5, 0.6) is 0 Å². The Hall–Kier alpha value is -2.70. The maximum atomic E-state index is 13.6. The molecule has 204 valence electrons. The summed E-state index contributed by atoms with van der Waals surface area (Å²) in [5, 5.41) is 2.76. The summed E-state index contributed by atoms with van der Waals surface area (Å²) in [6, 6.07) is 5.68. The van der Waals surface area contributed by atoms with Gasteiger partial charge in [0, 0.05) is 32.7 Å². The van der Waals surface area contributed by atoms with Gasteiger partial charge in [-0.3, -0.25) is 9.59 Å². The van der Waals surface area contributed by atoms with Gasteiger partial charge in [0.1, 0.15) is 12.1 Å². The molecule has 1 aromatic carbocycles. The molecule has 4 amide bonds. The average molecular weight is 536 g/mol. The lowest BCUT2D eigenvalue weighted by Crippen LogP contribution is -2.65. The minimum absolute atomic E-state index is 0.0458. The van der Waals surface area contributed by atoms with Crippen LogP contribution in [0.2, 0.25) is 0 Å². The number of nitrogens with one attached hydrogen (secondary N) is 1. The molecule has 0 bridgehead atoms. The first-order chi connectivity index (χ1) is 17.8. The predicted molar refractivity (Wildman–Crippen MR) is 136 cm³/mol. The van der Waals surface area contributed by atoms with Crippen LogP contribution in [0.25, 0.3) is 0 Å². The Morgan fingerprint density at radius 1 is 1.00 bits per heavy atom. The van der Waals surface area contributed by atoms with Crippen LogP contribution in [0.15, 0.2) is 35.2 Å². The second-order valence-electron chi connectivity index (χ2n) is 9.97. The Morgan fingerprint density at radius 3 is 2.32 bits per heavy atom. The van der Waals surface area contributed by atoms with Crippen molar-refractivity contribution in [2.45, 2.75) is 55.5 Å². The topological polar surface area (TPSA) is 142 Å². The summed E-state index contributed by atoms with van der Waals surface area (Å²) in [5.41, 5.74) is 5.65. The van der Waals surface area contributed by atoms with Gasteiger partial charge in [0.05, 0.1) is 18.1 Å². The predicted octanol–water partition coefficient (Wildman–Crippen LogP) is 0.754. The number of rotatable bonds is 7. The minimum atomic E-state index is -3.88. The fourth-order valence-corrected chi connectivity index (χ4v) is 6.84. The van der Waals surface area contributed by atoms with Crippen LogP contribution >= 0.6 is 0 Å². The summed E-state index contributed by atoms with van der Waals surface area (Å²) < 4.78 is 33.2. The first kappa shape index (κ1) is 27.3. The van der Waals surface area contributed by atoms with E-state index in [-0.39, 0.29) is 30.6 Å². The van der Waals surface area contributed by atoms with Crippen molar-refractivity contribution in [3.05, 3.63) is 30.3 Å². The number of morpholine rings is 1. The molecule has 11 nitrogen and oxygen atoms in total. The fourth-order valence-electron chi connectivity index (χ4n) is 5.38. The lowest BCUT2D eigenvalue weighted by atomic mass is 9.84. The number of sulfonamides is 1. The van der Waals surface area contributed by atoms with Crippen LogP contribution in [0.4, 0.5) is 4.79 Å². The van der Waals surface area contributed by atoms with Crippen molar-refractivity contribution < 1.29 is 27.5 Å². The summed E-state index contributed by atoms with van der Waals surface area (Å²) in [6.07, 6.45) is 5.73. The van der Waals surface area contributed by atoms with Gasteiger partial charge < -0.3 is 25.6 Å². The standard InChI is InChI=1S/C25H37N5O6S/c26-23(31)21(17-19-7-3-1-4-8-19)27-24(32)22-18-29(37(34,35)20-9-5-2-6-10-20)11-12-30(22)25(33)28-13-15-36-16-14-28/h2,5-6,9-10,19,21-22H,1,3-4,7-8,11-18H2,(H2,26,31)(H,27,32)/t21-,22-/m0/s1. The van der Waals surface area contributed by atoms with Crippen LogP contribution in [-0.2, 0) is 24.3 Å². The third kappa shape index (κ3) is 6.60. The van der Waals surface area contributed by atoms with Crippen molar-refractivity contribution in [2.75, 3.05) is 45.9 Å². The highest BCUT2D eigenvalue weighted by molar-refractivity contribution is 7.89. The summed E-state index contributed by atoms with van der Waals surface area (Å²) in [6.45, 7) is 1.46. The lowest BCUT2D eigenvalue weighted by Gasteiger charge is -2.42. The first-order valence-electron chi connectivity index (χ1n) is 13.1. The van der Waals surface area contributed by atoms with E-state index in [1.54, 1.807) is 23.1 Å². The number of hydrogen-bond donors (Lipinski definition) is 2. The van der Waals surface area contributed by atoms with E-state index in [1.807, 2.05) is 0 Å². The number of carbonyl (C=O) groups is 3. The molecule has 2 aliphatic heterocycles. The Morgan fingerprint density at radius 2 is 1.68 bits per heavy atom. The number of hydrogen-bond acceptors (Lipinski definition) is 6. The van der Waals surface area contributed by atoms with E-state index >= 15 is 0 Å². The fraction of sp³-hybridized carbons (Fsp3) is 0.640. The first-order valence-corrected chi connectivity index (χ1v) is 14.5. The minimum Gasteiger partial charge on any atom is -0.378 e. The maximum absolute atomic E-state index is 13.6. The highest BCUT2D eigenvalue weighted by atomic mass is 32.2. The number of urea groups is 1. The monoisotopic (exact) mass is 535 g/mol. The molecular formula is C25H37N5O6S. The molecule has 0 unspecified atom stereocenters. The number of benzene rings is 1. The SMILES string of the molecule is NC(=O)[C@H](CC1CCCCC1)NC(=O)[C@@H]1CN(S(=O)(=O)c2ccccc2)CCN1C(=O)N1CCOCC1. The zero-order chi connectivity index (χ0) is 26.4. The quantitative estimate of drug-likeness (QED) is 0.528. The normalized spacial score (nSPS) is 22.9. The van der Waals surface area contributed by atoms with Crippen LogP contribution in [0, 0.1) is 5.92 Å². The molecule has 1 aliphatic carbocycles. The molecule has 37 heavy (non-hydrogen) atoms. The largest absolute Gasteiger partial charge is 0.378 e. The molecule has 0 aromatic heterocycles. The van der Waals surface area contributed by atoms with Gasteiger partial charge in [0.25, 0.3) is 0 Å². The van der Waals surface area contributed by atoms with E-state index in [0.717, 1.165) is 32.1 Å². The molecule has 2 saturated heterocycles. The molecule has 2 atom stereocenters. The van der Waals surface area contributed by atoms with E-state index in [4.69, 9.17) is 10.5 Å². The number of nitrogens with zero attached hydrogens (tertiary/aromatic N) is 3. The average Bonchev–Trinajstić information content (AvgIpc) is 2.93. The summed E-state index contributed by atoms with van der Waals surface area (Å²) in [4.78, 5) is 42.4. The Kier molecular flexibility index (Phi) is 9.04. The molecule has 1 saturated carbocycles. The van der Waals surface area contributed by atoms with Gasteiger partial charge in [0.15, 0.2) is 0 Å². The van der Waals surface area contributed by atoms with Gasteiger partial charge in [-0.2, -0.15) is 4.31 Å². The number of ether oxygens (including phenoxy) is 1. The van der Waals surface area contributed by atoms with Crippen LogP contribution in [-0.4, -0.2) is 98.4 Å². The Bertz CT molecular complexity index is 1060. The summed E-state index contributed by atoms with van der Waals surface area (Å²) >= 11 is 0. The van der Waals surface area contributed by atoms with E-state index in [1.165, 1.54) is 21.3 Å². The van der Waals surface area contributed by atoms with Gasteiger partial charge in [-0.05, 0) is 24.5 Å². The summed E-state index contributed by atoms with van der Waals surface area (Å²) in [7, 11) is -3.88. The van der Waals surface area contributed by atoms with Crippen LogP contribution in [0.3, 0.4) is 0 Å². The molecule has 12 heteroatoms. The maximum Gasteiger partial charge on any atom is 0.320 e. The molecule has 3 N–H and O–H groups in total. The van der Waals surface area contributed by atoms with Crippen molar-refractivity contribution in [1.29, 1.82) is 0 Å². The molecular weight excluding hydrogens is 498 g/mol. The molecule has 3 fully saturated rings. The van der Waals surface area contributed by atoms with Gasteiger partial charge in [-0.15, -0.1) is 0 Å². The van der Waals surface area contributed by atoms with E-state index in [0.29, 0.717) is 38.6 Å². The molecule has 1 aromatic rings. The van der Waals surface area contributed by atoms with Crippen molar-refractivity contribution >= 4 is 27.9 Å². The molecule has 2 heterocycles. The smallest absolute Gasteiger partial charge is 0.320 e. The third-order valence-electron chi connectivity index (χ3n) is 7.51. The second-order valence-corrected chi connectivity index (χ2v) is 11.9. The molecule has 0 spiro atoms. The van der Waals surface area contributed by atoms with Crippen LogP contribution < -0.4 is 11.1 Å². The number of primary amides is 1. The Labute approximate surface area is 218 Å². The molecule has 3 aliphatic rings. The van der Waals surface area contributed by atoms with Crippen molar-refractivity contribution in [2.24, 2.45) is 11.7 Å². The van der Waals surface area contributed by atoms with Gasteiger partial charge in [-0.1, -0.05) is 50.3 Å². The third-order valence-corrected chi connectivity index (χ3v) is 9.39. The number of amides is 4. The molecule has 0 radical (unpaired) electrons. The molecule has 4 rings (SSSR count). The van der Waals surface area contributed by atoms with E-state index < -0.39 is 33.9 Å². The number of carbonyl (C=O) groups excluding carboxylic acids is 3. The van der Waals surface area contributed by atoms with E-state index in [9.17, 15) is 22.8 Å². The second kappa shape index (κ2) is 12.2. The highest BCUT2D eigenvalue weighted by Gasteiger charge is 2.42. The zero-order valence-electron chi connectivity index (χ0n) is 21.1. The van der Waals surface area contributed by atoms with Gasteiger partial charge in [0.2, 0.25) is 21.8 Å². The summed E-state index contributed by atoms with van der Waals surface area (Å²) in [5.74, 6) is -0.914. The van der Waals surface area contributed by atoms with Crippen molar-refractivity contribution in [1.82, 2.24) is 19.4 Å². The number of nitrogens with two attached hydrogens (primary N) is 1. The van der Waals surface area contributed by atoms with Crippen LogP contribution in [0.1, 0.15) is 38.5 Å². The highest BCUT2D eigenvalue weighted by Crippen LogP contribution is 2.28.